The number of pyridine rings is 2. The van der Waals surface area contributed by atoms with Crippen LogP contribution in [0, 0.1) is 11.3 Å². The van der Waals surface area contributed by atoms with E-state index in [0.717, 1.165) is 10.9 Å². The van der Waals surface area contributed by atoms with Crippen molar-refractivity contribution in [3.05, 3.63) is 64.0 Å². The molecule has 1 atom stereocenters. The topological polar surface area (TPSA) is 123 Å². The molecule has 12 heteroatoms. The van der Waals surface area contributed by atoms with Crippen LogP contribution in [0.2, 0.25) is 10.0 Å². The zero-order valence-electron chi connectivity index (χ0n) is 22.5. The molecule has 5 rings (SSSR count). The van der Waals surface area contributed by atoms with Crippen LogP contribution in [0.15, 0.2) is 42.9 Å². The molecule has 0 saturated carbocycles. The third-order valence-electron chi connectivity index (χ3n) is 6.68. The fourth-order valence-electron chi connectivity index (χ4n) is 4.97. The first-order valence-corrected chi connectivity index (χ1v) is 13.4. The van der Waals surface area contributed by atoms with Gasteiger partial charge in [0.2, 0.25) is 5.91 Å². The fourth-order valence-corrected chi connectivity index (χ4v) is 5.64. The van der Waals surface area contributed by atoms with Gasteiger partial charge in [-0.05, 0) is 52.2 Å². The van der Waals surface area contributed by atoms with Gasteiger partial charge in [-0.15, -0.1) is 0 Å². The number of nitrogens with zero attached hydrogens (tertiary/aromatic N) is 6. The van der Waals surface area contributed by atoms with Crippen LogP contribution >= 0.6 is 23.2 Å². The molecule has 1 saturated heterocycles. The van der Waals surface area contributed by atoms with Gasteiger partial charge in [0.1, 0.15) is 29.4 Å². The highest BCUT2D eigenvalue weighted by Gasteiger charge is 2.41. The van der Waals surface area contributed by atoms with E-state index < -0.39 is 6.10 Å². The van der Waals surface area contributed by atoms with Crippen LogP contribution in [0.4, 0.5) is 5.82 Å². The van der Waals surface area contributed by atoms with Crippen molar-refractivity contribution in [3.63, 3.8) is 0 Å². The van der Waals surface area contributed by atoms with E-state index in [-0.39, 0.29) is 11.4 Å². The van der Waals surface area contributed by atoms with Crippen molar-refractivity contribution in [3.8, 4) is 23.1 Å². The summed E-state index contributed by atoms with van der Waals surface area (Å²) in [7, 11) is 3.70. The lowest BCUT2D eigenvalue weighted by Crippen LogP contribution is -2.69. The molecule has 206 valence electrons. The Hall–Kier alpha value is -3.91. The molecular weight excluding hydrogens is 551 g/mol. The molecule has 10 nitrogen and oxygen atoms in total. The van der Waals surface area contributed by atoms with Gasteiger partial charge >= 0.3 is 0 Å². The van der Waals surface area contributed by atoms with Crippen molar-refractivity contribution >= 4 is 45.8 Å². The average molecular weight is 579 g/mol. The van der Waals surface area contributed by atoms with Gasteiger partial charge in [-0.25, -0.2) is 4.98 Å². The third-order valence-corrected chi connectivity index (χ3v) is 7.29. The molecule has 3 aromatic heterocycles. The Morgan fingerprint density at radius 2 is 1.98 bits per heavy atom. The summed E-state index contributed by atoms with van der Waals surface area (Å²) in [4.78, 5) is 24.7. The van der Waals surface area contributed by atoms with Gasteiger partial charge in [0.15, 0.2) is 0 Å². The van der Waals surface area contributed by atoms with Crippen LogP contribution in [0.3, 0.4) is 0 Å². The largest absolute Gasteiger partial charge is 0.486 e. The predicted octanol–water partition coefficient (Wildman–Crippen LogP) is 4.59. The summed E-state index contributed by atoms with van der Waals surface area (Å²) in [5, 5.41) is 22.2. The number of ether oxygens (including phenoxy) is 1. The van der Waals surface area contributed by atoms with Gasteiger partial charge in [-0.2, -0.15) is 10.4 Å². The Kier molecular flexibility index (Phi) is 7.55. The summed E-state index contributed by atoms with van der Waals surface area (Å²) in [5.74, 6) is 1.15. The number of aromatic amines is 1. The minimum absolute atomic E-state index is 0.0360. The van der Waals surface area contributed by atoms with Gasteiger partial charge in [-0.3, -0.25) is 14.9 Å². The van der Waals surface area contributed by atoms with E-state index in [9.17, 15) is 10.1 Å². The van der Waals surface area contributed by atoms with Gasteiger partial charge in [0, 0.05) is 48.2 Å². The van der Waals surface area contributed by atoms with Gasteiger partial charge in [0.25, 0.3) is 0 Å². The molecule has 1 aromatic carbocycles. The number of aromatic nitrogens is 4. The number of carbonyl (C=O) groups excluding carboxylic acids is 1. The summed E-state index contributed by atoms with van der Waals surface area (Å²) >= 11 is 12.6. The Labute approximate surface area is 241 Å². The number of hydrogen-bond donors (Lipinski definition) is 2. The summed E-state index contributed by atoms with van der Waals surface area (Å²) in [6.07, 6.45) is 4.35. The minimum atomic E-state index is -0.420. The standard InChI is InChI=1S/C28H28Cl2N8O2/c1-16(25-21(29)11-32-12-22(25)30)40-19-5-6-23-20(8-19)26(36-35-23)18-7-17(9-31)27(33-10-18)38-14-28(2,15-38)34-24(39)13-37(3)4/h5-8,10-12,16H,13-15H2,1-4H3,(H,34,39)(H,35,36)/t16-/m1/s1. The first-order valence-electron chi connectivity index (χ1n) is 12.6. The number of rotatable bonds is 8. The lowest BCUT2D eigenvalue weighted by molar-refractivity contribution is -0.123. The minimum Gasteiger partial charge on any atom is -0.486 e. The van der Waals surface area contributed by atoms with E-state index in [1.54, 1.807) is 12.3 Å². The smallest absolute Gasteiger partial charge is 0.234 e. The number of halogens is 2. The highest BCUT2D eigenvalue weighted by Crippen LogP contribution is 2.36. The van der Waals surface area contributed by atoms with Crippen molar-refractivity contribution in [2.45, 2.75) is 25.5 Å². The number of nitrogens with one attached hydrogen (secondary N) is 2. The van der Waals surface area contributed by atoms with Crippen LogP contribution in [0.25, 0.3) is 22.2 Å². The molecule has 0 bridgehead atoms. The quantitative estimate of drug-likeness (QED) is 0.311. The molecule has 4 heterocycles. The SMILES string of the molecule is C[C@@H](Oc1ccc2[nH]nc(-c3cnc(N4CC(C)(NC(=O)CN(C)C)C4)c(C#N)c3)c2c1)c1c(Cl)cncc1Cl. The maximum atomic E-state index is 12.2. The van der Waals surface area contributed by atoms with Gasteiger partial charge in [-0.1, -0.05) is 23.2 Å². The molecule has 0 unspecified atom stereocenters. The molecule has 0 spiro atoms. The summed E-state index contributed by atoms with van der Waals surface area (Å²) in [5.41, 5.74) is 2.86. The number of amides is 1. The Bertz CT molecular complexity index is 1600. The number of hydrogen-bond acceptors (Lipinski definition) is 8. The number of likely N-dealkylation sites (N-methyl/N-ethyl adjacent to an activating group) is 1. The van der Waals surface area contributed by atoms with Crippen LogP contribution < -0.4 is 15.0 Å². The second kappa shape index (κ2) is 10.9. The Balaban J connectivity index is 1.36. The Morgan fingerprint density at radius 1 is 1.25 bits per heavy atom. The zero-order chi connectivity index (χ0) is 28.6. The zero-order valence-corrected chi connectivity index (χ0v) is 24.0. The highest BCUT2D eigenvalue weighted by atomic mass is 35.5. The molecule has 1 amide bonds. The average Bonchev–Trinajstić information content (AvgIpc) is 3.29. The normalized spacial score (nSPS) is 15.0. The van der Waals surface area contributed by atoms with Crippen LogP contribution in [0.1, 0.15) is 31.1 Å². The third kappa shape index (κ3) is 5.54. The van der Waals surface area contributed by atoms with Crippen molar-refractivity contribution in [1.29, 1.82) is 5.26 Å². The molecule has 0 radical (unpaired) electrons. The van der Waals surface area contributed by atoms with Crippen LogP contribution in [-0.4, -0.2) is 70.2 Å². The maximum Gasteiger partial charge on any atom is 0.234 e. The number of benzene rings is 1. The number of anilines is 1. The van der Waals surface area contributed by atoms with E-state index in [1.807, 2.05) is 55.9 Å². The van der Waals surface area contributed by atoms with Crippen molar-refractivity contribution in [2.24, 2.45) is 0 Å². The summed E-state index contributed by atoms with van der Waals surface area (Å²) in [6.45, 7) is 5.29. The number of nitriles is 1. The van der Waals surface area contributed by atoms with E-state index in [0.29, 0.717) is 63.6 Å². The number of H-pyrrole nitrogens is 1. The molecule has 4 aromatic rings. The lowest BCUT2D eigenvalue weighted by Gasteiger charge is -2.49. The molecule has 1 aliphatic rings. The van der Waals surface area contributed by atoms with Crippen molar-refractivity contribution < 1.29 is 9.53 Å². The molecule has 1 aliphatic heterocycles. The first-order chi connectivity index (χ1) is 19.1. The highest BCUT2D eigenvalue weighted by molar-refractivity contribution is 6.35. The fraction of sp³-hybridized carbons (Fsp3) is 0.321. The first kappa shape index (κ1) is 27.6. The summed E-state index contributed by atoms with van der Waals surface area (Å²) < 4.78 is 6.17. The van der Waals surface area contributed by atoms with E-state index in [1.165, 1.54) is 12.4 Å². The monoisotopic (exact) mass is 578 g/mol. The van der Waals surface area contributed by atoms with E-state index in [4.69, 9.17) is 27.9 Å². The van der Waals surface area contributed by atoms with Gasteiger partial charge in [0.05, 0.1) is 33.2 Å². The predicted molar refractivity (Wildman–Crippen MR) is 155 cm³/mol. The van der Waals surface area contributed by atoms with E-state index in [2.05, 4.69) is 31.6 Å². The van der Waals surface area contributed by atoms with Gasteiger partial charge < -0.3 is 19.9 Å². The molecule has 1 fully saturated rings. The maximum absolute atomic E-state index is 12.2. The second-order valence-electron chi connectivity index (χ2n) is 10.5. The summed E-state index contributed by atoms with van der Waals surface area (Å²) in [6, 6.07) is 9.64. The van der Waals surface area contributed by atoms with Crippen LogP contribution in [0.5, 0.6) is 5.75 Å². The second-order valence-corrected chi connectivity index (χ2v) is 11.3. The lowest BCUT2D eigenvalue weighted by atomic mass is 9.91. The van der Waals surface area contributed by atoms with Crippen molar-refractivity contribution in [2.75, 3.05) is 38.6 Å². The molecule has 2 N–H and O–H groups in total. The van der Waals surface area contributed by atoms with Crippen molar-refractivity contribution in [1.82, 2.24) is 30.4 Å². The number of fused-ring (bicyclic) bond motifs is 1. The molecular formula is C28H28Cl2N8O2. The molecule has 40 heavy (non-hydrogen) atoms. The Morgan fingerprint density at radius 3 is 2.65 bits per heavy atom. The van der Waals surface area contributed by atoms with Crippen LogP contribution in [-0.2, 0) is 4.79 Å². The number of carbonyl (C=O) groups is 1. The van der Waals surface area contributed by atoms with E-state index >= 15 is 0 Å². The molecule has 0 aliphatic carbocycles.